The van der Waals surface area contributed by atoms with Gasteiger partial charge in [0.1, 0.15) is 5.82 Å². The predicted molar refractivity (Wildman–Crippen MR) is 118 cm³/mol. The Hall–Kier alpha value is -4.01. The van der Waals surface area contributed by atoms with E-state index < -0.39 is 0 Å². The summed E-state index contributed by atoms with van der Waals surface area (Å²) in [6, 6.07) is 17.1. The van der Waals surface area contributed by atoms with Crippen LogP contribution in [0.2, 0.25) is 0 Å². The van der Waals surface area contributed by atoms with Crippen LogP contribution >= 0.6 is 0 Å². The first-order valence-electron chi connectivity index (χ1n) is 10.3. The maximum Gasteiger partial charge on any atom is 0.321 e. The van der Waals surface area contributed by atoms with E-state index >= 15 is 0 Å². The van der Waals surface area contributed by atoms with Crippen LogP contribution in [0.5, 0.6) is 0 Å². The van der Waals surface area contributed by atoms with E-state index in [1.807, 2.05) is 59.5 Å². The molecule has 0 unspecified atom stereocenters. The van der Waals surface area contributed by atoms with E-state index in [1.54, 1.807) is 16.9 Å². The molecule has 2 amide bonds. The van der Waals surface area contributed by atoms with Gasteiger partial charge in [-0.25, -0.2) is 4.79 Å². The number of urea groups is 1. The van der Waals surface area contributed by atoms with Gasteiger partial charge in [0, 0.05) is 49.8 Å². The Kier molecular flexibility index (Phi) is 5.14. The maximum atomic E-state index is 12.7. The molecule has 1 aliphatic heterocycles. The zero-order valence-corrected chi connectivity index (χ0v) is 16.9. The molecular weight excluding hydrogens is 392 g/mol. The van der Waals surface area contributed by atoms with Gasteiger partial charge in [0.05, 0.1) is 0 Å². The van der Waals surface area contributed by atoms with Crippen molar-refractivity contribution in [2.24, 2.45) is 0 Å². The van der Waals surface area contributed by atoms with Crippen LogP contribution in [0.1, 0.15) is 6.42 Å². The zero-order chi connectivity index (χ0) is 21.0. The number of nitrogens with zero attached hydrogens (tertiary/aromatic N) is 7. The van der Waals surface area contributed by atoms with Crippen LogP contribution in [0, 0.1) is 0 Å². The van der Waals surface area contributed by atoms with Crippen LogP contribution in [0.4, 0.5) is 16.3 Å². The van der Waals surface area contributed by atoms with Crippen molar-refractivity contribution in [1.82, 2.24) is 29.7 Å². The summed E-state index contributed by atoms with van der Waals surface area (Å²) in [6.07, 6.45) is 4.32. The molecule has 1 aromatic carbocycles. The number of aromatic nitrogens is 5. The zero-order valence-electron chi connectivity index (χ0n) is 16.9. The number of fused-ring (bicyclic) bond motifs is 1. The summed E-state index contributed by atoms with van der Waals surface area (Å²) in [7, 11) is 0. The lowest BCUT2D eigenvalue weighted by Crippen LogP contribution is -2.38. The lowest BCUT2D eigenvalue weighted by molar-refractivity contribution is 0.215. The molecule has 0 spiro atoms. The van der Waals surface area contributed by atoms with Gasteiger partial charge in [-0.1, -0.05) is 18.2 Å². The monoisotopic (exact) mass is 414 g/mol. The summed E-state index contributed by atoms with van der Waals surface area (Å²) in [5, 5.41) is 16.3. The minimum absolute atomic E-state index is 0.0738. The number of pyridine rings is 1. The smallest absolute Gasteiger partial charge is 0.321 e. The van der Waals surface area contributed by atoms with Gasteiger partial charge in [0.15, 0.2) is 11.5 Å². The first-order valence-corrected chi connectivity index (χ1v) is 10.3. The summed E-state index contributed by atoms with van der Waals surface area (Å²) in [5.74, 6) is 1.52. The maximum absolute atomic E-state index is 12.7. The van der Waals surface area contributed by atoms with Gasteiger partial charge in [-0.2, -0.15) is 4.52 Å². The summed E-state index contributed by atoms with van der Waals surface area (Å²) in [6.45, 7) is 2.85. The Bertz CT molecular complexity index is 1180. The average Bonchev–Trinajstić information content (AvgIpc) is 3.08. The van der Waals surface area contributed by atoms with Gasteiger partial charge < -0.3 is 15.1 Å². The van der Waals surface area contributed by atoms with Crippen molar-refractivity contribution in [2.75, 3.05) is 36.4 Å². The number of para-hydroxylation sites is 1. The van der Waals surface area contributed by atoms with Crippen molar-refractivity contribution in [1.29, 1.82) is 0 Å². The number of anilines is 2. The van der Waals surface area contributed by atoms with Crippen molar-refractivity contribution >= 4 is 23.2 Å². The molecule has 0 atom stereocenters. The molecule has 156 valence electrons. The van der Waals surface area contributed by atoms with Crippen molar-refractivity contribution in [2.45, 2.75) is 6.42 Å². The molecule has 9 nitrogen and oxygen atoms in total. The predicted octanol–water partition coefficient (Wildman–Crippen LogP) is 2.93. The number of benzene rings is 1. The molecule has 0 bridgehead atoms. The van der Waals surface area contributed by atoms with Crippen molar-refractivity contribution in [3.05, 3.63) is 67.0 Å². The third-order valence-electron chi connectivity index (χ3n) is 5.32. The van der Waals surface area contributed by atoms with Crippen LogP contribution in [0.3, 0.4) is 0 Å². The Labute approximate surface area is 179 Å². The lowest BCUT2D eigenvalue weighted by Gasteiger charge is -2.23. The fourth-order valence-electron chi connectivity index (χ4n) is 3.70. The highest BCUT2D eigenvalue weighted by Gasteiger charge is 2.21. The van der Waals surface area contributed by atoms with E-state index in [-0.39, 0.29) is 6.03 Å². The summed E-state index contributed by atoms with van der Waals surface area (Å²) in [5.41, 5.74) is 2.40. The lowest BCUT2D eigenvalue weighted by atomic mass is 10.2. The molecule has 1 N–H and O–H groups in total. The Morgan fingerprint density at radius 3 is 2.55 bits per heavy atom. The second kappa shape index (κ2) is 8.39. The molecule has 0 aliphatic carbocycles. The molecule has 1 aliphatic rings. The van der Waals surface area contributed by atoms with Crippen LogP contribution < -0.4 is 10.2 Å². The number of nitrogens with one attached hydrogen (secondary N) is 1. The molecular formula is C22H22N8O. The number of amides is 2. The molecule has 9 heteroatoms. The Balaban J connectivity index is 1.32. The molecule has 4 aromatic rings. The van der Waals surface area contributed by atoms with E-state index in [9.17, 15) is 4.79 Å². The third kappa shape index (κ3) is 4.02. The topological polar surface area (TPSA) is 91.5 Å². The van der Waals surface area contributed by atoms with E-state index in [2.05, 4.69) is 25.4 Å². The normalized spacial score (nSPS) is 14.5. The largest absolute Gasteiger partial charge is 0.353 e. The second-order valence-electron chi connectivity index (χ2n) is 7.34. The first-order chi connectivity index (χ1) is 15.3. The SMILES string of the molecule is O=C(Nc1ccccc1)N1CCCN(c2ccc3nnc(-c4ccncc4)n3n2)CC1. The molecule has 1 saturated heterocycles. The van der Waals surface area contributed by atoms with Crippen molar-refractivity contribution in [3.8, 4) is 11.4 Å². The summed E-state index contributed by atoms with van der Waals surface area (Å²) < 4.78 is 1.76. The molecule has 31 heavy (non-hydrogen) atoms. The quantitative estimate of drug-likeness (QED) is 0.554. The second-order valence-corrected chi connectivity index (χ2v) is 7.34. The van der Waals surface area contributed by atoms with Crippen LogP contribution in [-0.2, 0) is 0 Å². The van der Waals surface area contributed by atoms with Gasteiger partial charge in [-0.15, -0.1) is 15.3 Å². The number of rotatable bonds is 3. The van der Waals surface area contributed by atoms with Crippen LogP contribution in [-0.4, -0.2) is 61.9 Å². The number of hydrogen-bond acceptors (Lipinski definition) is 6. The molecule has 0 saturated carbocycles. The third-order valence-corrected chi connectivity index (χ3v) is 5.32. The van der Waals surface area contributed by atoms with E-state index in [4.69, 9.17) is 5.10 Å². The molecule has 5 rings (SSSR count). The van der Waals surface area contributed by atoms with Crippen LogP contribution in [0.25, 0.3) is 17.0 Å². The first kappa shape index (κ1) is 19.0. The van der Waals surface area contributed by atoms with Gasteiger partial charge in [-0.3, -0.25) is 4.98 Å². The molecule has 3 aromatic heterocycles. The Morgan fingerprint density at radius 2 is 1.71 bits per heavy atom. The highest BCUT2D eigenvalue weighted by molar-refractivity contribution is 5.89. The van der Waals surface area contributed by atoms with E-state index in [0.29, 0.717) is 31.1 Å². The summed E-state index contributed by atoms with van der Waals surface area (Å²) in [4.78, 5) is 20.8. The van der Waals surface area contributed by atoms with Crippen LogP contribution in [0.15, 0.2) is 67.0 Å². The number of hydrogen-bond donors (Lipinski definition) is 1. The van der Waals surface area contributed by atoms with Crippen molar-refractivity contribution in [3.63, 3.8) is 0 Å². The highest BCUT2D eigenvalue weighted by Crippen LogP contribution is 2.20. The van der Waals surface area contributed by atoms with Gasteiger partial charge >= 0.3 is 6.03 Å². The highest BCUT2D eigenvalue weighted by atomic mass is 16.2. The van der Waals surface area contributed by atoms with Gasteiger partial charge in [0.25, 0.3) is 0 Å². The minimum atomic E-state index is -0.0738. The average molecular weight is 414 g/mol. The number of carbonyl (C=O) groups excluding carboxylic acids is 1. The van der Waals surface area contributed by atoms with E-state index in [1.165, 1.54) is 0 Å². The van der Waals surface area contributed by atoms with Crippen molar-refractivity contribution < 1.29 is 4.79 Å². The summed E-state index contributed by atoms with van der Waals surface area (Å²) >= 11 is 0. The fourth-order valence-corrected chi connectivity index (χ4v) is 3.70. The Morgan fingerprint density at radius 1 is 0.871 bits per heavy atom. The number of carbonyl (C=O) groups is 1. The minimum Gasteiger partial charge on any atom is -0.353 e. The standard InChI is InChI=1S/C22H22N8O/c31-22(24-18-5-2-1-3-6-18)29-14-4-13-28(15-16-29)20-8-7-19-25-26-21(30(19)27-20)17-9-11-23-12-10-17/h1-3,5-12H,4,13-16H2,(H,24,31). The van der Waals surface area contributed by atoms with Gasteiger partial charge in [0.2, 0.25) is 0 Å². The molecule has 4 heterocycles. The fraction of sp³-hybridized carbons (Fsp3) is 0.227. The molecule has 1 fully saturated rings. The van der Waals surface area contributed by atoms with E-state index in [0.717, 1.165) is 30.0 Å². The van der Waals surface area contributed by atoms with Gasteiger partial charge in [-0.05, 0) is 42.8 Å². The molecule has 0 radical (unpaired) electrons.